The van der Waals surface area contributed by atoms with E-state index in [2.05, 4.69) is 0 Å². The van der Waals surface area contributed by atoms with Gasteiger partial charge >= 0.3 is 0 Å². The monoisotopic (exact) mass is 362 g/mol. The Hall–Kier alpha value is 3.45. The van der Waals surface area contributed by atoms with Crippen LogP contribution in [0.1, 0.15) is 0 Å². The average molecular weight is 363 g/mol. The molecule has 8 heavy (non-hydrogen) atoms. The van der Waals surface area contributed by atoms with Crippen LogP contribution in [0.25, 0.3) is 0 Å². The van der Waals surface area contributed by atoms with Crippen LogP contribution in [0.2, 0.25) is 0 Å². The van der Waals surface area contributed by atoms with E-state index < -0.39 is 0 Å². The van der Waals surface area contributed by atoms with E-state index in [1.54, 1.807) is 0 Å². The summed E-state index contributed by atoms with van der Waals surface area (Å²) < 4.78 is 0. The van der Waals surface area contributed by atoms with E-state index in [0.717, 1.165) is 0 Å². The van der Waals surface area contributed by atoms with Crippen molar-refractivity contribution in [2.75, 3.05) is 0 Å². The zero-order chi connectivity index (χ0) is 0. The Labute approximate surface area is 120 Å². The van der Waals surface area contributed by atoms with Gasteiger partial charge in [-0.3, -0.25) is 0 Å². The van der Waals surface area contributed by atoms with Gasteiger partial charge in [0.15, 0.2) is 0 Å². The van der Waals surface area contributed by atoms with E-state index in [9.17, 15) is 0 Å². The maximum atomic E-state index is 0. The molecule has 0 N–H and O–H groups in total. The van der Waals surface area contributed by atoms with Gasteiger partial charge in [0.1, 0.15) is 0 Å². The van der Waals surface area contributed by atoms with E-state index >= 15 is 0 Å². The van der Waals surface area contributed by atoms with Crippen LogP contribution in [0, 0.1) is 0 Å². The number of hydrogen-bond acceptors (Lipinski definition) is 2. The molecule has 0 aromatic rings. The summed E-state index contributed by atoms with van der Waals surface area (Å²) in [5, 5.41) is 0. The van der Waals surface area contributed by atoms with Crippen LogP contribution in [0.4, 0.5) is 0 Å². The Morgan fingerprint density at radius 1 is 0.500 bits per heavy atom. The number of hydrogen-bond donors (Lipinski definition) is 0. The zero-order valence-corrected chi connectivity index (χ0v) is 11.8. The first-order chi connectivity index (χ1) is 0. The van der Waals surface area contributed by atoms with Gasteiger partial charge in [-0.2, -0.15) is 0 Å². The predicted octanol–water partition coefficient (Wildman–Crippen LogP) is -2.16. The molecule has 0 spiro atoms. The van der Waals surface area contributed by atoms with Gasteiger partial charge in [-0.15, -0.1) is 0 Å². The van der Waals surface area contributed by atoms with Crippen molar-refractivity contribution in [1.82, 2.24) is 0 Å². The summed E-state index contributed by atoms with van der Waals surface area (Å²) in [7, 11) is 0. The summed E-state index contributed by atoms with van der Waals surface area (Å²) in [6, 6.07) is 0. The first kappa shape index (κ1) is 105. The minimum atomic E-state index is 0. The second-order valence-corrected chi connectivity index (χ2v) is 0. The molecule has 8 heteroatoms. The Morgan fingerprint density at radius 2 is 0.500 bits per heavy atom. The standard InChI is InChI=1S/3Fe.Ni.4H2S/h;;;;4*1H2. The molecule has 0 aliphatic carbocycles. The van der Waals surface area contributed by atoms with Crippen LogP contribution in [0.3, 0.4) is 0 Å². The minimum Gasteiger partial charge on any atom is -0.813 e. The maximum absolute atomic E-state index is 0. The van der Waals surface area contributed by atoms with Gasteiger partial charge in [0.05, 0.1) is 0 Å². The summed E-state index contributed by atoms with van der Waals surface area (Å²) in [6.07, 6.45) is 0. The van der Waals surface area contributed by atoms with Gasteiger partial charge in [0.2, 0.25) is 0 Å². The quantitative estimate of drug-likeness (QED) is 0.208. The van der Waals surface area contributed by atoms with E-state index in [1.807, 2.05) is 0 Å². The topological polar surface area (TPSA) is 0 Å². The average Bonchev–Trinajstić information content (AvgIpc) is 0. The van der Waals surface area contributed by atoms with Crippen LogP contribution in [-0.4, -0.2) is 0 Å². The Kier molecular flexibility index (Phi) is 1030. The molecule has 0 aromatic carbocycles. The summed E-state index contributed by atoms with van der Waals surface area (Å²) >= 11 is 0. The van der Waals surface area contributed by atoms with Crippen molar-refractivity contribution in [2.24, 2.45) is 0 Å². The number of rotatable bonds is 0. The van der Waals surface area contributed by atoms with Crippen molar-refractivity contribution in [3.8, 4) is 0 Å². The van der Waals surface area contributed by atoms with Crippen LogP contribution in [0.5, 0.6) is 0 Å². The molecule has 0 aliphatic rings. The smallest absolute Gasteiger partial charge is 0 e. The van der Waals surface area contributed by atoms with E-state index in [0.29, 0.717) is 0 Å². The molecule has 0 amide bonds. The molecule has 66 valence electrons. The van der Waals surface area contributed by atoms with Crippen molar-refractivity contribution >= 4 is 54.0 Å². The van der Waals surface area contributed by atoms with Crippen molar-refractivity contribution in [1.29, 1.82) is 0 Å². The molecule has 0 fully saturated rings. The molecule has 0 aromatic heterocycles. The minimum absolute atomic E-state index is 0. The molecular formula is H8Fe3NiS4. The normalized spacial score (nSPS) is 0. The first-order valence-electron chi connectivity index (χ1n) is 0. The van der Waals surface area contributed by atoms with Crippen molar-refractivity contribution in [3.63, 3.8) is 0 Å². The molecule has 0 aliphatic heterocycles. The van der Waals surface area contributed by atoms with Crippen molar-refractivity contribution in [3.05, 3.63) is 0 Å². The zero-order valence-electron chi connectivity index (χ0n) is 3.43. The third-order valence-electron chi connectivity index (χ3n) is 0. The third kappa shape index (κ3) is 56.7. The molecule has 0 heterocycles. The molecular weight excluding hydrogens is 354 g/mol. The van der Waals surface area contributed by atoms with Crippen LogP contribution < -0.4 is 0 Å². The summed E-state index contributed by atoms with van der Waals surface area (Å²) in [6.45, 7) is 0. The molecule has 0 bridgehead atoms. The Morgan fingerprint density at radius 3 is 0.500 bits per heavy atom. The second kappa shape index (κ2) is 78.4. The second-order valence-electron chi connectivity index (χ2n) is 0. The fourth-order valence-corrected chi connectivity index (χ4v) is 0. The van der Waals surface area contributed by atoms with Crippen LogP contribution in [-0.2, 0) is 122 Å². The van der Waals surface area contributed by atoms with Gasteiger partial charge in [-0.05, 0) is 0 Å². The maximum Gasteiger partial charge on any atom is 0 e. The summed E-state index contributed by atoms with van der Waals surface area (Å²) in [4.78, 5) is 0. The summed E-state index contributed by atoms with van der Waals surface area (Å²) in [5.41, 5.74) is 0. The van der Waals surface area contributed by atoms with Crippen LogP contribution >= 0.6 is 0 Å². The third-order valence-corrected chi connectivity index (χ3v) is 0. The fraction of sp³-hybridized carbons (Fsp3) is 0. The van der Waals surface area contributed by atoms with Gasteiger partial charge in [0, 0.05) is 67.7 Å². The summed E-state index contributed by atoms with van der Waals surface area (Å²) in [5.74, 6) is 0. The van der Waals surface area contributed by atoms with Gasteiger partial charge in [0.25, 0.3) is 0 Å². The first-order valence-corrected chi connectivity index (χ1v) is 0. The Bertz CT molecular complexity index is 11.2. The van der Waals surface area contributed by atoms with E-state index in [-0.39, 0.29) is 122 Å². The molecule has 0 unspecified atom stereocenters. The van der Waals surface area contributed by atoms with Crippen molar-refractivity contribution < 1.29 is 67.7 Å². The number of thiol groups is 2. The molecule has 0 rings (SSSR count). The van der Waals surface area contributed by atoms with Gasteiger partial charge < -0.3 is 27.0 Å². The van der Waals surface area contributed by atoms with E-state index in [1.165, 1.54) is 0 Å². The van der Waals surface area contributed by atoms with Gasteiger partial charge in [-0.25, -0.2) is 0 Å². The molecule has 0 nitrogen and oxygen atoms in total. The molecule has 0 saturated heterocycles. The Balaban J connectivity index is 0. The van der Waals surface area contributed by atoms with Gasteiger partial charge in [-0.1, -0.05) is 27.0 Å². The molecule has 0 atom stereocenters. The molecule has 0 radical (unpaired) electrons. The van der Waals surface area contributed by atoms with Crippen LogP contribution in [0.15, 0.2) is 0 Å². The van der Waals surface area contributed by atoms with Crippen molar-refractivity contribution in [2.45, 2.75) is 0 Å². The fourth-order valence-electron chi connectivity index (χ4n) is 0. The predicted molar refractivity (Wildman–Crippen MR) is 40.6 cm³/mol. The largest absolute Gasteiger partial charge is 0.813 e. The SMILES string of the molecule is [Fe].[Fe].[Fe].[Ni].[SH-].[SH-].[SH3+].[SH3+]. The molecule has 0 saturated carbocycles. The van der Waals surface area contributed by atoms with E-state index in [4.69, 9.17) is 0 Å².